The van der Waals surface area contributed by atoms with Crippen LogP contribution in [0.4, 0.5) is 0 Å². The van der Waals surface area contributed by atoms with Crippen LogP contribution in [0.1, 0.15) is 16.7 Å². The molecule has 0 spiro atoms. The molecule has 6 aromatic rings. The van der Waals surface area contributed by atoms with E-state index in [2.05, 4.69) is 104 Å². The third-order valence-electron chi connectivity index (χ3n) is 6.36. The van der Waals surface area contributed by atoms with Crippen LogP contribution in [-0.2, 0) is 0 Å². The van der Waals surface area contributed by atoms with Gasteiger partial charge in [-0.05, 0) is 30.2 Å². The van der Waals surface area contributed by atoms with Gasteiger partial charge in [0.1, 0.15) is 6.07 Å². The fraction of sp³-hybridized carbons (Fsp3) is 0.0690. The molecule has 6 rings (SSSR count). The first-order valence-corrected chi connectivity index (χ1v) is 10.5. The van der Waals surface area contributed by atoms with Gasteiger partial charge in [-0.1, -0.05) is 90.0 Å². The van der Waals surface area contributed by atoms with Crippen LogP contribution < -0.4 is 0 Å². The standard InChI is InChI=1S/C29H20N2/c1-17-7-10-20(11-8-17)26-24-15-18(2)9-13-22(24)25(16-30)27-23-14-12-19-5-3-4-6-21(19)28(23)31-29(26)27/h3-15,31H,1-2H3. The van der Waals surface area contributed by atoms with Gasteiger partial charge in [0.15, 0.2) is 0 Å². The topological polar surface area (TPSA) is 39.6 Å². The molecule has 0 amide bonds. The van der Waals surface area contributed by atoms with Crippen LogP contribution in [0, 0.1) is 25.2 Å². The lowest BCUT2D eigenvalue weighted by molar-refractivity contribution is 1.46. The van der Waals surface area contributed by atoms with Crippen LogP contribution in [0.3, 0.4) is 0 Å². The molecule has 0 radical (unpaired) electrons. The molecule has 1 aromatic heterocycles. The molecule has 0 aliphatic heterocycles. The predicted octanol–water partition coefficient (Wildman–Crippen LogP) is 7.78. The van der Waals surface area contributed by atoms with Crippen LogP contribution >= 0.6 is 0 Å². The molecule has 0 aliphatic rings. The molecule has 0 saturated carbocycles. The maximum absolute atomic E-state index is 10.2. The van der Waals surface area contributed by atoms with Crippen molar-refractivity contribution in [2.24, 2.45) is 0 Å². The second-order valence-corrected chi connectivity index (χ2v) is 8.36. The van der Waals surface area contributed by atoms with Gasteiger partial charge in [0.25, 0.3) is 0 Å². The molecule has 1 N–H and O–H groups in total. The van der Waals surface area contributed by atoms with E-state index < -0.39 is 0 Å². The van der Waals surface area contributed by atoms with Crippen molar-refractivity contribution in [3.8, 4) is 17.2 Å². The van der Waals surface area contributed by atoms with Gasteiger partial charge in [-0.2, -0.15) is 5.26 Å². The molecule has 0 fully saturated rings. The van der Waals surface area contributed by atoms with E-state index in [4.69, 9.17) is 0 Å². The minimum atomic E-state index is 0.738. The summed E-state index contributed by atoms with van der Waals surface area (Å²) < 4.78 is 0. The third-order valence-corrected chi connectivity index (χ3v) is 6.36. The Bertz CT molecular complexity index is 1690. The molecular formula is C29H20N2. The van der Waals surface area contributed by atoms with Gasteiger partial charge in [-0.3, -0.25) is 0 Å². The van der Waals surface area contributed by atoms with Crippen LogP contribution in [0.15, 0.2) is 78.9 Å². The molecule has 0 bridgehead atoms. The fourth-order valence-electron chi connectivity index (χ4n) is 4.87. The Morgan fingerprint density at radius 3 is 2.23 bits per heavy atom. The van der Waals surface area contributed by atoms with Crippen LogP contribution in [0.25, 0.3) is 54.5 Å². The van der Waals surface area contributed by atoms with E-state index in [0.29, 0.717) is 0 Å². The van der Waals surface area contributed by atoms with E-state index in [-0.39, 0.29) is 0 Å². The number of aryl methyl sites for hydroxylation is 2. The summed E-state index contributed by atoms with van der Waals surface area (Å²) in [5, 5.41) is 16.8. The maximum atomic E-state index is 10.2. The van der Waals surface area contributed by atoms with Gasteiger partial charge in [-0.25, -0.2) is 0 Å². The zero-order valence-corrected chi connectivity index (χ0v) is 17.5. The van der Waals surface area contributed by atoms with E-state index in [1.165, 1.54) is 21.9 Å². The van der Waals surface area contributed by atoms with E-state index in [1.54, 1.807) is 0 Å². The molecule has 5 aromatic carbocycles. The van der Waals surface area contributed by atoms with E-state index in [0.717, 1.165) is 49.3 Å². The molecule has 31 heavy (non-hydrogen) atoms. The summed E-state index contributed by atoms with van der Waals surface area (Å²) in [6.45, 7) is 4.21. The van der Waals surface area contributed by atoms with Crippen molar-refractivity contribution in [1.29, 1.82) is 5.26 Å². The zero-order chi connectivity index (χ0) is 21.1. The largest absolute Gasteiger partial charge is 0.353 e. The summed E-state index contributed by atoms with van der Waals surface area (Å²) in [4.78, 5) is 3.74. The lowest BCUT2D eigenvalue weighted by atomic mass is 9.90. The van der Waals surface area contributed by atoms with Crippen molar-refractivity contribution < 1.29 is 0 Å². The fourth-order valence-corrected chi connectivity index (χ4v) is 4.87. The van der Waals surface area contributed by atoms with E-state index >= 15 is 0 Å². The SMILES string of the molecule is Cc1ccc(-c2c3cc(C)ccc3c(C#N)c3c2[nH]c2c4ccccc4ccc23)cc1. The third kappa shape index (κ3) is 2.50. The molecule has 146 valence electrons. The Labute approximate surface area is 180 Å². The number of nitriles is 1. The lowest BCUT2D eigenvalue weighted by Crippen LogP contribution is -1.90. The van der Waals surface area contributed by atoms with Crippen molar-refractivity contribution in [2.45, 2.75) is 13.8 Å². The average molecular weight is 396 g/mol. The van der Waals surface area contributed by atoms with Crippen molar-refractivity contribution in [2.75, 3.05) is 0 Å². The zero-order valence-electron chi connectivity index (χ0n) is 17.5. The first-order chi connectivity index (χ1) is 15.2. The number of hydrogen-bond donors (Lipinski definition) is 1. The predicted molar refractivity (Wildman–Crippen MR) is 130 cm³/mol. The summed E-state index contributed by atoms with van der Waals surface area (Å²) >= 11 is 0. The molecule has 0 aliphatic carbocycles. The Hall–Kier alpha value is -4.09. The number of nitrogens with one attached hydrogen (secondary N) is 1. The smallest absolute Gasteiger partial charge is 0.101 e. The summed E-state index contributed by atoms with van der Waals surface area (Å²) in [5.41, 5.74) is 7.60. The Morgan fingerprint density at radius 2 is 1.42 bits per heavy atom. The van der Waals surface area contributed by atoms with Crippen molar-refractivity contribution in [3.05, 3.63) is 95.6 Å². The Kier molecular flexibility index (Phi) is 3.69. The second-order valence-electron chi connectivity index (χ2n) is 8.36. The molecule has 2 nitrogen and oxygen atoms in total. The highest BCUT2D eigenvalue weighted by atomic mass is 14.7. The summed E-state index contributed by atoms with van der Waals surface area (Å²) in [7, 11) is 0. The van der Waals surface area contributed by atoms with Crippen LogP contribution in [0.5, 0.6) is 0 Å². The number of hydrogen-bond acceptors (Lipinski definition) is 1. The summed E-state index contributed by atoms with van der Waals surface area (Å²) in [6, 6.07) is 30.3. The molecule has 2 heteroatoms. The second kappa shape index (κ2) is 6.45. The van der Waals surface area contributed by atoms with Gasteiger partial charge >= 0.3 is 0 Å². The number of aromatic amines is 1. The molecule has 0 unspecified atom stereocenters. The first kappa shape index (κ1) is 17.7. The average Bonchev–Trinajstić information content (AvgIpc) is 3.18. The van der Waals surface area contributed by atoms with Crippen molar-refractivity contribution >= 4 is 43.4 Å². The van der Waals surface area contributed by atoms with Crippen molar-refractivity contribution in [3.63, 3.8) is 0 Å². The molecule has 0 saturated heterocycles. The van der Waals surface area contributed by atoms with Gasteiger partial charge < -0.3 is 4.98 Å². The van der Waals surface area contributed by atoms with Gasteiger partial charge in [-0.15, -0.1) is 0 Å². The number of aromatic nitrogens is 1. The monoisotopic (exact) mass is 396 g/mol. The summed E-state index contributed by atoms with van der Waals surface area (Å²) in [6.07, 6.45) is 0. The number of H-pyrrole nitrogens is 1. The quantitative estimate of drug-likeness (QED) is 0.303. The van der Waals surface area contributed by atoms with Crippen LogP contribution in [0.2, 0.25) is 0 Å². The normalized spacial score (nSPS) is 11.5. The van der Waals surface area contributed by atoms with E-state index in [9.17, 15) is 5.26 Å². The summed E-state index contributed by atoms with van der Waals surface area (Å²) in [5.74, 6) is 0. The molecular weight excluding hydrogens is 376 g/mol. The minimum absolute atomic E-state index is 0.738. The van der Waals surface area contributed by atoms with Gasteiger partial charge in [0, 0.05) is 27.1 Å². The lowest BCUT2D eigenvalue weighted by Gasteiger charge is -2.13. The Morgan fingerprint density at radius 1 is 0.677 bits per heavy atom. The molecule has 0 atom stereocenters. The number of nitrogens with zero attached hydrogens (tertiary/aromatic N) is 1. The maximum Gasteiger partial charge on any atom is 0.101 e. The number of fused-ring (bicyclic) bond motifs is 6. The minimum Gasteiger partial charge on any atom is -0.353 e. The highest BCUT2D eigenvalue weighted by Gasteiger charge is 2.20. The van der Waals surface area contributed by atoms with E-state index in [1.807, 2.05) is 0 Å². The molecule has 1 heterocycles. The Balaban J connectivity index is 1.92. The van der Waals surface area contributed by atoms with Crippen LogP contribution in [-0.4, -0.2) is 4.98 Å². The first-order valence-electron chi connectivity index (χ1n) is 10.5. The highest BCUT2D eigenvalue weighted by Crippen LogP contribution is 2.43. The van der Waals surface area contributed by atoms with Gasteiger partial charge in [0.2, 0.25) is 0 Å². The van der Waals surface area contributed by atoms with Gasteiger partial charge in [0.05, 0.1) is 16.6 Å². The number of benzene rings is 5. The highest BCUT2D eigenvalue weighted by molar-refractivity contribution is 6.26. The number of rotatable bonds is 1. The van der Waals surface area contributed by atoms with Crippen molar-refractivity contribution in [1.82, 2.24) is 4.98 Å².